The Morgan fingerprint density at radius 2 is 1.95 bits per heavy atom. The number of hydrogen-bond acceptors (Lipinski definition) is 2. The molecule has 0 aromatic heterocycles. The van der Waals surface area contributed by atoms with Crippen LogP contribution in [0.15, 0.2) is 36.4 Å². The summed E-state index contributed by atoms with van der Waals surface area (Å²) in [5, 5.41) is 3.89. The second-order valence-corrected chi connectivity index (χ2v) is 6.02. The van der Waals surface area contributed by atoms with Gasteiger partial charge in [-0.2, -0.15) is 0 Å². The number of nitrogens with one attached hydrogen (secondary N) is 1. The monoisotopic (exact) mass is 320 g/mol. The highest BCUT2D eigenvalue weighted by molar-refractivity contribution is 6.42. The molecule has 0 bridgehead atoms. The first-order valence-corrected chi connectivity index (χ1v) is 7.41. The van der Waals surface area contributed by atoms with E-state index in [-0.39, 0.29) is 11.9 Å². The number of anilines is 1. The average Bonchev–Trinajstić information content (AvgIpc) is 2.82. The molecule has 1 heterocycles. The van der Waals surface area contributed by atoms with Gasteiger partial charge in [0.1, 0.15) is 0 Å². The molecule has 3 nitrogen and oxygen atoms in total. The molecule has 1 atom stereocenters. The van der Waals surface area contributed by atoms with Gasteiger partial charge in [0.15, 0.2) is 0 Å². The van der Waals surface area contributed by atoms with Gasteiger partial charge in [-0.1, -0.05) is 41.4 Å². The van der Waals surface area contributed by atoms with E-state index in [1.807, 2.05) is 30.3 Å². The van der Waals surface area contributed by atoms with E-state index in [2.05, 4.69) is 5.32 Å². The summed E-state index contributed by atoms with van der Waals surface area (Å²) in [5.74, 6) is 0.0280. The third kappa shape index (κ3) is 3.05. The lowest BCUT2D eigenvalue weighted by molar-refractivity contribution is -0.115. The highest BCUT2D eigenvalue weighted by Crippen LogP contribution is 2.28. The number of benzene rings is 2. The molecule has 21 heavy (non-hydrogen) atoms. The molecule has 0 aliphatic carbocycles. The molecule has 0 spiro atoms. The number of rotatable bonds is 3. The molecule has 5 heteroatoms. The molecule has 3 N–H and O–H groups in total. The molecule has 1 unspecified atom stereocenters. The van der Waals surface area contributed by atoms with Gasteiger partial charge in [-0.15, -0.1) is 0 Å². The molecule has 0 radical (unpaired) electrons. The van der Waals surface area contributed by atoms with Crippen LogP contribution in [0.1, 0.15) is 22.7 Å². The molecule has 0 fully saturated rings. The summed E-state index contributed by atoms with van der Waals surface area (Å²) in [6.07, 6.45) is 1.08. The van der Waals surface area contributed by atoms with E-state index in [4.69, 9.17) is 28.9 Å². The zero-order valence-electron chi connectivity index (χ0n) is 11.2. The predicted molar refractivity (Wildman–Crippen MR) is 85.9 cm³/mol. The van der Waals surface area contributed by atoms with Crippen LogP contribution in [-0.2, 0) is 17.6 Å². The molecular weight excluding hydrogens is 307 g/mol. The van der Waals surface area contributed by atoms with Crippen LogP contribution in [0.3, 0.4) is 0 Å². The van der Waals surface area contributed by atoms with Crippen LogP contribution in [0.2, 0.25) is 10.0 Å². The van der Waals surface area contributed by atoms with E-state index >= 15 is 0 Å². The van der Waals surface area contributed by atoms with Crippen molar-refractivity contribution in [2.45, 2.75) is 18.9 Å². The lowest BCUT2D eigenvalue weighted by atomic mass is 9.97. The summed E-state index contributed by atoms with van der Waals surface area (Å²) in [7, 11) is 0. The van der Waals surface area contributed by atoms with E-state index in [9.17, 15) is 4.79 Å². The van der Waals surface area contributed by atoms with Crippen LogP contribution in [0.5, 0.6) is 0 Å². The average molecular weight is 321 g/mol. The van der Waals surface area contributed by atoms with Crippen molar-refractivity contribution in [3.63, 3.8) is 0 Å². The van der Waals surface area contributed by atoms with Crippen molar-refractivity contribution in [3.8, 4) is 0 Å². The van der Waals surface area contributed by atoms with Gasteiger partial charge in [-0.05, 0) is 41.3 Å². The van der Waals surface area contributed by atoms with Crippen molar-refractivity contribution in [2.24, 2.45) is 5.73 Å². The quantitative estimate of drug-likeness (QED) is 0.905. The van der Waals surface area contributed by atoms with Gasteiger partial charge >= 0.3 is 0 Å². The van der Waals surface area contributed by atoms with Crippen molar-refractivity contribution >= 4 is 34.8 Å². The smallest absolute Gasteiger partial charge is 0.228 e. The van der Waals surface area contributed by atoms with Gasteiger partial charge in [0, 0.05) is 11.7 Å². The van der Waals surface area contributed by atoms with Gasteiger partial charge in [0.25, 0.3) is 0 Å². The zero-order chi connectivity index (χ0) is 15.0. The second kappa shape index (κ2) is 5.68. The Kier molecular flexibility index (Phi) is 3.89. The van der Waals surface area contributed by atoms with Crippen LogP contribution in [-0.4, -0.2) is 5.91 Å². The highest BCUT2D eigenvalue weighted by atomic mass is 35.5. The van der Waals surface area contributed by atoms with Crippen LogP contribution >= 0.6 is 23.2 Å². The highest BCUT2D eigenvalue weighted by Gasteiger charge is 2.19. The Hall–Kier alpha value is -1.55. The van der Waals surface area contributed by atoms with Crippen molar-refractivity contribution < 1.29 is 4.79 Å². The minimum Gasteiger partial charge on any atom is -0.326 e. The fourth-order valence-corrected chi connectivity index (χ4v) is 2.84. The molecular formula is C16H14Cl2N2O. The number of amides is 1. The third-order valence-electron chi connectivity index (χ3n) is 3.62. The molecule has 1 amide bonds. The Bertz CT molecular complexity index is 715. The van der Waals surface area contributed by atoms with E-state index < -0.39 is 0 Å². The van der Waals surface area contributed by atoms with E-state index in [1.54, 1.807) is 6.07 Å². The lowest BCUT2D eigenvalue weighted by Crippen LogP contribution is -2.13. The van der Waals surface area contributed by atoms with Gasteiger partial charge in [-0.25, -0.2) is 0 Å². The number of hydrogen-bond donors (Lipinski definition) is 2. The standard InChI is InChI=1S/C16H14Cl2N2O/c17-12-3-1-9(5-13(12)18)6-14(19)10-2-4-15-11(7-10)8-16(21)20-15/h1-5,7,14H,6,8,19H2,(H,20,21). The summed E-state index contributed by atoms with van der Waals surface area (Å²) < 4.78 is 0. The fraction of sp³-hybridized carbons (Fsp3) is 0.188. The molecule has 2 aromatic carbocycles. The largest absolute Gasteiger partial charge is 0.326 e. The minimum atomic E-state index is -0.150. The molecule has 0 saturated carbocycles. The summed E-state index contributed by atoms with van der Waals surface area (Å²) in [4.78, 5) is 11.4. The number of carbonyl (C=O) groups excluding carboxylic acids is 1. The number of nitrogens with two attached hydrogens (primary N) is 1. The SMILES string of the molecule is NC(Cc1ccc(Cl)c(Cl)c1)c1ccc2c(c1)CC(=O)N2. The number of carbonyl (C=O) groups is 1. The lowest BCUT2D eigenvalue weighted by Gasteiger charge is -2.14. The van der Waals surface area contributed by atoms with Crippen molar-refractivity contribution in [1.82, 2.24) is 0 Å². The fourth-order valence-electron chi connectivity index (χ4n) is 2.52. The molecule has 0 saturated heterocycles. The first-order chi connectivity index (χ1) is 10.0. The maximum Gasteiger partial charge on any atom is 0.228 e. The number of halogens is 2. The Balaban J connectivity index is 1.79. The summed E-state index contributed by atoms with van der Waals surface area (Å²) in [6.45, 7) is 0. The van der Waals surface area contributed by atoms with Gasteiger partial charge in [0.2, 0.25) is 5.91 Å². The predicted octanol–water partition coefficient (Wildman–Crippen LogP) is 3.73. The Morgan fingerprint density at radius 3 is 2.71 bits per heavy atom. The van der Waals surface area contributed by atoms with Gasteiger partial charge < -0.3 is 11.1 Å². The van der Waals surface area contributed by atoms with Gasteiger partial charge in [0.05, 0.1) is 16.5 Å². The van der Waals surface area contributed by atoms with E-state index in [1.165, 1.54) is 0 Å². The first kappa shape index (κ1) is 14.4. The first-order valence-electron chi connectivity index (χ1n) is 6.65. The van der Waals surface area contributed by atoms with Crippen molar-refractivity contribution in [3.05, 3.63) is 63.1 Å². The zero-order valence-corrected chi connectivity index (χ0v) is 12.7. The maximum atomic E-state index is 11.4. The van der Waals surface area contributed by atoms with Crippen LogP contribution < -0.4 is 11.1 Å². The Morgan fingerprint density at radius 1 is 1.14 bits per heavy atom. The molecule has 1 aliphatic heterocycles. The molecule has 2 aromatic rings. The number of fused-ring (bicyclic) bond motifs is 1. The van der Waals surface area contributed by atoms with E-state index in [0.29, 0.717) is 22.9 Å². The molecule has 108 valence electrons. The van der Waals surface area contributed by atoms with E-state index in [0.717, 1.165) is 22.4 Å². The minimum absolute atomic E-state index is 0.0280. The topological polar surface area (TPSA) is 55.1 Å². The third-order valence-corrected chi connectivity index (χ3v) is 4.36. The summed E-state index contributed by atoms with van der Waals surface area (Å²) in [5.41, 5.74) is 10.2. The normalized spacial score (nSPS) is 14.7. The van der Waals surface area contributed by atoms with Crippen LogP contribution in [0, 0.1) is 0 Å². The Labute approximate surface area is 133 Å². The second-order valence-electron chi connectivity index (χ2n) is 5.20. The molecule has 3 rings (SSSR count). The van der Waals surface area contributed by atoms with Crippen LogP contribution in [0.25, 0.3) is 0 Å². The maximum absolute atomic E-state index is 11.4. The van der Waals surface area contributed by atoms with Crippen LogP contribution in [0.4, 0.5) is 5.69 Å². The van der Waals surface area contributed by atoms with Crippen molar-refractivity contribution in [1.29, 1.82) is 0 Å². The van der Waals surface area contributed by atoms with Crippen molar-refractivity contribution in [2.75, 3.05) is 5.32 Å². The molecule has 1 aliphatic rings. The summed E-state index contributed by atoms with van der Waals surface area (Å²) >= 11 is 11.9. The van der Waals surface area contributed by atoms with Gasteiger partial charge in [-0.3, -0.25) is 4.79 Å². The summed E-state index contributed by atoms with van der Waals surface area (Å²) in [6, 6.07) is 11.2.